The van der Waals surface area contributed by atoms with Gasteiger partial charge in [0, 0.05) is 17.8 Å². The minimum atomic E-state index is 0.494. The average Bonchev–Trinajstić information content (AvgIpc) is 2.42. The first-order chi connectivity index (χ1) is 8.78. The smallest absolute Gasteiger partial charge is 0.0892 e. The van der Waals surface area contributed by atoms with Crippen molar-refractivity contribution in [3.8, 4) is 0 Å². The second-order valence-electron chi connectivity index (χ2n) is 3.98. The molecule has 0 unspecified atom stereocenters. The molecule has 3 nitrogen and oxygen atoms in total. The summed E-state index contributed by atoms with van der Waals surface area (Å²) >= 11 is 5.81. The lowest BCUT2D eigenvalue weighted by molar-refractivity contribution is 0.104. The quantitative estimate of drug-likeness (QED) is 0.901. The maximum absolute atomic E-state index is 5.81. The van der Waals surface area contributed by atoms with Crippen molar-refractivity contribution in [1.82, 2.24) is 4.98 Å². The van der Waals surface area contributed by atoms with Crippen molar-refractivity contribution in [2.45, 2.75) is 19.8 Å². The van der Waals surface area contributed by atoms with Crippen LogP contribution in [0.3, 0.4) is 0 Å². The summed E-state index contributed by atoms with van der Waals surface area (Å²) in [5.74, 6) is 0. The number of benzene rings is 1. The first-order valence-electron chi connectivity index (χ1n) is 5.74. The van der Waals surface area contributed by atoms with Gasteiger partial charge in [-0.25, -0.2) is 0 Å². The van der Waals surface area contributed by atoms with E-state index in [1.165, 1.54) is 0 Å². The Morgan fingerprint density at radius 3 is 2.33 bits per heavy atom. The highest BCUT2D eigenvalue weighted by atomic mass is 35.5. The Labute approximate surface area is 112 Å². The maximum atomic E-state index is 5.81. The van der Waals surface area contributed by atoms with Gasteiger partial charge in [0.05, 0.1) is 18.9 Å². The molecule has 2 N–H and O–H groups in total. The van der Waals surface area contributed by atoms with Crippen LogP contribution < -0.4 is 5.73 Å². The molecule has 1 aromatic heterocycles. The Morgan fingerprint density at radius 2 is 1.72 bits per heavy atom. The monoisotopic (exact) mass is 262 g/mol. The van der Waals surface area contributed by atoms with Gasteiger partial charge in [0.1, 0.15) is 0 Å². The largest absolute Gasteiger partial charge is 0.370 e. The van der Waals surface area contributed by atoms with Crippen molar-refractivity contribution in [3.05, 3.63) is 64.4 Å². The van der Waals surface area contributed by atoms with Crippen LogP contribution in [-0.2, 0) is 24.5 Å². The molecule has 0 aliphatic carbocycles. The predicted octanol–water partition coefficient (Wildman–Crippen LogP) is 2.91. The zero-order valence-corrected chi connectivity index (χ0v) is 10.7. The molecule has 0 bridgehead atoms. The molecule has 0 radical (unpaired) electrons. The molecular formula is C14H15ClN2O. The Balaban J connectivity index is 1.82. The summed E-state index contributed by atoms with van der Waals surface area (Å²) in [6.45, 7) is 1.56. The van der Waals surface area contributed by atoms with Gasteiger partial charge in [0.15, 0.2) is 0 Å². The van der Waals surface area contributed by atoms with Gasteiger partial charge in [-0.1, -0.05) is 29.8 Å². The zero-order chi connectivity index (χ0) is 12.8. The first kappa shape index (κ1) is 13.0. The van der Waals surface area contributed by atoms with Gasteiger partial charge in [-0.15, -0.1) is 0 Å². The van der Waals surface area contributed by atoms with Gasteiger partial charge in [-0.3, -0.25) is 4.98 Å². The van der Waals surface area contributed by atoms with Crippen LogP contribution in [0.1, 0.15) is 16.8 Å². The molecule has 0 atom stereocenters. The fraction of sp³-hybridized carbons (Fsp3) is 0.214. The molecule has 0 fully saturated rings. The minimum absolute atomic E-state index is 0.494. The van der Waals surface area contributed by atoms with Crippen LogP contribution in [0, 0.1) is 0 Å². The number of nitrogens with zero attached hydrogens (tertiary/aromatic N) is 1. The summed E-state index contributed by atoms with van der Waals surface area (Å²) in [7, 11) is 0. The van der Waals surface area contributed by atoms with E-state index in [1.807, 2.05) is 36.4 Å². The van der Waals surface area contributed by atoms with Gasteiger partial charge in [0.2, 0.25) is 0 Å². The maximum Gasteiger partial charge on any atom is 0.0892 e. The summed E-state index contributed by atoms with van der Waals surface area (Å²) in [5.41, 5.74) is 8.53. The Morgan fingerprint density at radius 1 is 1.00 bits per heavy atom. The van der Waals surface area contributed by atoms with Crippen LogP contribution in [0.25, 0.3) is 0 Å². The highest BCUT2D eigenvalue weighted by Crippen LogP contribution is 2.11. The molecule has 0 aliphatic heterocycles. The van der Waals surface area contributed by atoms with Gasteiger partial charge in [-0.2, -0.15) is 0 Å². The minimum Gasteiger partial charge on any atom is -0.370 e. The molecule has 2 rings (SSSR count). The second kappa shape index (κ2) is 6.50. The molecule has 4 heteroatoms. The second-order valence-corrected chi connectivity index (χ2v) is 4.42. The van der Waals surface area contributed by atoms with Crippen molar-refractivity contribution in [1.29, 1.82) is 0 Å². The summed E-state index contributed by atoms with van der Waals surface area (Å²) in [4.78, 5) is 4.27. The van der Waals surface area contributed by atoms with Crippen molar-refractivity contribution in [2.75, 3.05) is 0 Å². The summed E-state index contributed by atoms with van der Waals surface area (Å²) in [6.07, 6.45) is 1.78. The summed E-state index contributed by atoms with van der Waals surface area (Å²) in [5, 5.41) is 0.734. The van der Waals surface area contributed by atoms with Gasteiger partial charge < -0.3 is 10.5 Å². The number of pyridine rings is 1. The van der Waals surface area contributed by atoms with Gasteiger partial charge in [0.25, 0.3) is 0 Å². The van der Waals surface area contributed by atoms with Crippen LogP contribution in [0.15, 0.2) is 42.6 Å². The van der Waals surface area contributed by atoms with E-state index in [4.69, 9.17) is 22.1 Å². The molecule has 2 aromatic rings. The summed E-state index contributed by atoms with van der Waals surface area (Å²) in [6, 6.07) is 11.5. The van der Waals surface area contributed by atoms with Crippen molar-refractivity contribution >= 4 is 11.6 Å². The van der Waals surface area contributed by atoms with E-state index in [1.54, 1.807) is 6.20 Å². The lowest BCUT2D eigenvalue weighted by Crippen LogP contribution is -2.00. The summed E-state index contributed by atoms with van der Waals surface area (Å²) < 4.78 is 5.58. The van der Waals surface area contributed by atoms with Gasteiger partial charge >= 0.3 is 0 Å². The first-order valence-corrected chi connectivity index (χ1v) is 6.12. The normalized spacial score (nSPS) is 10.6. The van der Waals surface area contributed by atoms with E-state index >= 15 is 0 Å². The van der Waals surface area contributed by atoms with Gasteiger partial charge in [-0.05, 0) is 29.3 Å². The third-order valence-electron chi connectivity index (χ3n) is 2.55. The highest BCUT2D eigenvalue weighted by molar-refractivity contribution is 6.30. The lowest BCUT2D eigenvalue weighted by Gasteiger charge is -2.05. The Bertz CT molecular complexity index is 482. The van der Waals surface area contributed by atoms with E-state index in [0.717, 1.165) is 21.8 Å². The van der Waals surface area contributed by atoms with Crippen LogP contribution in [0.5, 0.6) is 0 Å². The predicted molar refractivity (Wildman–Crippen MR) is 72.1 cm³/mol. The molecule has 0 aliphatic rings. The number of rotatable bonds is 5. The fourth-order valence-corrected chi connectivity index (χ4v) is 1.64. The molecule has 0 spiro atoms. The third kappa shape index (κ3) is 3.81. The number of hydrogen-bond donors (Lipinski definition) is 1. The SMILES string of the molecule is NCc1ccc(COCc2ccc(Cl)cc2)nc1. The molecule has 94 valence electrons. The Kier molecular flexibility index (Phi) is 4.70. The standard InChI is InChI=1S/C14H15ClN2O/c15-13-4-1-11(2-5-13)9-18-10-14-6-3-12(7-16)8-17-14/h1-6,8H,7,9-10,16H2. The molecular weight excluding hydrogens is 248 g/mol. The zero-order valence-electron chi connectivity index (χ0n) is 9.97. The highest BCUT2D eigenvalue weighted by Gasteiger charge is 1.97. The fourth-order valence-electron chi connectivity index (χ4n) is 1.52. The number of ether oxygens (including phenoxy) is 1. The van der Waals surface area contributed by atoms with Crippen LogP contribution in [0.2, 0.25) is 5.02 Å². The lowest BCUT2D eigenvalue weighted by atomic mass is 10.2. The van der Waals surface area contributed by atoms with Crippen LogP contribution >= 0.6 is 11.6 Å². The van der Waals surface area contributed by atoms with Crippen LogP contribution in [-0.4, -0.2) is 4.98 Å². The Hall–Kier alpha value is -1.42. The van der Waals surface area contributed by atoms with Crippen molar-refractivity contribution in [3.63, 3.8) is 0 Å². The molecule has 0 saturated carbocycles. The van der Waals surface area contributed by atoms with Crippen molar-refractivity contribution < 1.29 is 4.74 Å². The number of nitrogens with two attached hydrogens (primary N) is 1. The number of hydrogen-bond acceptors (Lipinski definition) is 3. The topological polar surface area (TPSA) is 48.1 Å². The van der Waals surface area contributed by atoms with E-state index < -0.39 is 0 Å². The van der Waals surface area contributed by atoms with Crippen molar-refractivity contribution in [2.24, 2.45) is 5.73 Å². The molecule has 18 heavy (non-hydrogen) atoms. The molecule has 1 aromatic carbocycles. The van der Waals surface area contributed by atoms with E-state index in [-0.39, 0.29) is 0 Å². The molecule has 0 amide bonds. The van der Waals surface area contributed by atoms with Crippen LogP contribution in [0.4, 0.5) is 0 Å². The third-order valence-corrected chi connectivity index (χ3v) is 2.81. The van der Waals surface area contributed by atoms with E-state index in [2.05, 4.69) is 4.98 Å². The van der Waals surface area contributed by atoms with E-state index in [9.17, 15) is 0 Å². The molecule has 1 heterocycles. The average molecular weight is 263 g/mol. The number of aromatic nitrogens is 1. The van der Waals surface area contributed by atoms with E-state index in [0.29, 0.717) is 19.8 Å². The number of halogens is 1. The molecule has 0 saturated heterocycles.